The second-order valence-corrected chi connectivity index (χ2v) is 7.65. The van der Waals surface area contributed by atoms with Gasteiger partial charge in [-0.15, -0.1) is 0 Å². The minimum absolute atomic E-state index is 0.351. The average Bonchev–Trinajstić information content (AvgIpc) is 2.62. The molecule has 1 fully saturated rings. The molecular weight excluding hydrogens is 308 g/mol. The van der Waals surface area contributed by atoms with Crippen LogP contribution in [0.15, 0.2) is 60.7 Å². The van der Waals surface area contributed by atoms with E-state index in [0.717, 1.165) is 24.8 Å². The zero-order valence-electron chi connectivity index (χ0n) is 13.1. The summed E-state index contributed by atoms with van der Waals surface area (Å²) in [7, 11) is -3.51. The van der Waals surface area contributed by atoms with Gasteiger partial charge >= 0.3 is 10.2 Å². The molecule has 0 spiro atoms. The van der Waals surface area contributed by atoms with Crippen LogP contribution in [0.1, 0.15) is 24.8 Å². The number of hydrogen-bond acceptors (Lipinski definition) is 2. The molecule has 0 aliphatic carbocycles. The Morgan fingerprint density at radius 1 is 0.826 bits per heavy atom. The minimum Gasteiger partial charge on any atom is -0.253 e. The molecule has 0 atom stereocenters. The van der Waals surface area contributed by atoms with E-state index >= 15 is 0 Å². The van der Waals surface area contributed by atoms with Crippen LogP contribution in [0.3, 0.4) is 0 Å². The third kappa shape index (κ3) is 3.74. The fourth-order valence-electron chi connectivity index (χ4n) is 2.88. The van der Waals surface area contributed by atoms with E-state index in [4.69, 9.17) is 0 Å². The Balaban J connectivity index is 1.94. The van der Waals surface area contributed by atoms with Gasteiger partial charge < -0.3 is 0 Å². The summed E-state index contributed by atoms with van der Waals surface area (Å²) in [4.78, 5) is 0. The molecule has 3 rings (SSSR count). The number of piperidine rings is 1. The quantitative estimate of drug-likeness (QED) is 0.843. The van der Waals surface area contributed by atoms with Gasteiger partial charge in [0.15, 0.2) is 0 Å². The van der Waals surface area contributed by atoms with Crippen molar-refractivity contribution in [2.24, 2.45) is 0 Å². The highest BCUT2D eigenvalue weighted by Gasteiger charge is 2.30. The largest absolute Gasteiger partial charge is 0.304 e. The summed E-state index contributed by atoms with van der Waals surface area (Å²) in [5.74, 6) is 0. The fourth-order valence-corrected chi connectivity index (χ4v) is 4.58. The van der Waals surface area contributed by atoms with Gasteiger partial charge in [-0.2, -0.15) is 12.7 Å². The smallest absolute Gasteiger partial charge is 0.253 e. The molecule has 0 N–H and O–H groups in total. The van der Waals surface area contributed by atoms with Crippen LogP contribution in [0, 0.1) is 0 Å². The molecule has 2 aromatic rings. The standard InChI is InChI=1S/C18H22N2O2S/c21-23(22,19-14-8-3-9-15-19)20(18-12-6-2-7-13-18)16-17-10-4-1-5-11-17/h1-2,4-7,10-13H,3,8-9,14-16H2. The molecule has 1 aliphatic heterocycles. The Morgan fingerprint density at radius 2 is 1.39 bits per heavy atom. The summed E-state index contributed by atoms with van der Waals surface area (Å²) >= 11 is 0. The third-order valence-electron chi connectivity index (χ3n) is 4.13. The zero-order valence-corrected chi connectivity index (χ0v) is 14.0. The van der Waals surface area contributed by atoms with Crippen LogP contribution in [0.25, 0.3) is 0 Å². The van der Waals surface area contributed by atoms with Gasteiger partial charge in [0, 0.05) is 13.1 Å². The lowest BCUT2D eigenvalue weighted by Crippen LogP contribution is -2.45. The first-order valence-corrected chi connectivity index (χ1v) is 9.44. The van der Waals surface area contributed by atoms with Crippen LogP contribution >= 0.6 is 0 Å². The number of nitrogens with zero attached hydrogens (tertiary/aromatic N) is 2. The Bertz CT molecular complexity index is 711. The lowest BCUT2D eigenvalue weighted by Gasteiger charge is -2.33. The van der Waals surface area contributed by atoms with E-state index in [9.17, 15) is 8.42 Å². The summed E-state index contributed by atoms with van der Waals surface area (Å²) in [5, 5.41) is 0. The maximum atomic E-state index is 13.1. The molecule has 122 valence electrons. The van der Waals surface area contributed by atoms with E-state index in [1.54, 1.807) is 4.31 Å². The average molecular weight is 330 g/mol. The highest BCUT2D eigenvalue weighted by molar-refractivity contribution is 7.90. The van der Waals surface area contributed by atoms with Gasteiger partial charge in [-0.3, -0.25) is 4.31 Å². The number of rotatable bonds is 5. The molecule has 1 saturated heterocycles. The van der Waals surface area contributed by atoms with E-state index in [1.807, 2.05) is 60.7 Å². The predicted molar refractivity (Wildman–Crippen MR) is 93.4 cm³/mol. The molecule has 0 amide bonds. The zero-order chi connectivity index (χ0) is 16.1. The van der Waals surface area contributed by atoms with E-state index in [0.29, 0.717) is 25.3 Å². The molecule has 0 bridgehead atoms. The molecular formula is C18H22N2O2S. The van der Waals surface area contributed by atoms with Gasteiger partial charge in [0.05, 0.1) is 12.2 Å². The van der Waals surface area contributed by atoms with Crippen LogP contribution < -0.4 is 4.31 Å². The Morgan fingerprint density at radius 3 is 2.00 bits per heavy atom. The van der Waals surface area contributed by atoms with E-state index in [2.05, 4.69) is 0 Å². The highest BCUT2D eigenvalue weighted by Crippen LogP contribution is 2.25. The first-order chi connectivity index (χ1) is 11.2. The van der Waals surface area contributed by atoms with Crippen LogP contribution in [-0.2, 0) is 16.8 Å². The minimum atomic E-state index is -3.51. The summed E-state index contributed by atoms with van der Waals surface area (Å²) < 4.78 is 29.4. The maximum absolute atomic E-state index is 13.1. The summed E-state index contributed by atoms with van der Waals surface area (Å²) in [6.45, 7) is 1.57. The van der Waals surface area contributed by atoms with Crippen molar-refractivity contribution in [3.8, 4) is 0 Å². The Kier molecular flexibility index (Phi) is 4.98. The molecule has 0 saturated carbocycles. The van der Waals surface area contributed by atoms with Crippen molar-refractivity contribution < 1.29 is 8.42 Å². The van der Waals surface area contributed by atoms with Crippen LogP contribution in [0.5, 0.6) is 0 Å². The third-order valence-corrected chi connectivity index (χ3v) is 6.05. The SMILES string of the molecule is O=S(=O)(N1CCCCC1)N(Cc1ccccc1)c1ccccc1. The molecule has 1 aliphatic rings. The van der Waals surface area contributed by atoms with Crippen molar-refractivity contribution in [2.75, 3.05) is 17.4 Å². The van der Waals surface area contributed by atoms with Crippen LogP contribution in [-0.4, -0.2) is 25.8 Å². The molecule has 0 radical (unpaired) electrons. The van der Waals surface area contributed by atoms with Crippen molar-refractivity contribution in [1.29, 1.82) is 0 Å². The lowest BCUT2D eigenvalue weighted by atomic mass is 10.2. The topological polar surface area (TPSA) is 40.6 Å². The van der Waals surface area contributed by atoms with Gasteiger partial charge in [0.1, 0.15) is 0 Å². The first-order valence-electron chi connectivity index (χ1n) is 8.05. The monoisotopic (exact) mass is 330 g/mol. The van der Waals surface area contributed by atoms with E-state index < -0.39 is 10.2 Å². The molecule has 4 nitrogen and oxygen atoms in total. The van der Waals surface area contributed by atoms with Crippen LogP contribution in [0.4, 0.5) is 5.69 Å². The Hall–Kier alpha value is -1.85. The fraction of sp³-hybridized carbons (Fsp3) is 0.333. The maximum Gasteiger partial charge on any atom is 0.304 e. The second kappa shape index (κ2) is 7.15. The highest BCUT2D eigenvalue weighted by atomic mass is 32.2. The molecule has 0 aromatic heterocycles. The van der Waals surface area contributed by atoms with Gasteiger partial charge in [-0.1, -0.05) is 55.0 Å². The van der Waals surface area contributed by atoms with Crippen molar-refractivity contribution >= 4 is 15.9 Å². The summed E-state index contributed by atoms with van der Waals surface area (Å²) in [6, 6.07) is 19.1. The van der Waals surface area contributed by atoms with Crippen molar-refractivity contribution in [2.45, 2.75) is 25.8 Å². The van der Waals surface area contributed by atoms with Crippen molar-refractivity contribution in [3.63, 3.8) is 0 Å². The van der Waals surface area contributed by atoms with Gasteiger partial charge in [-0.25, -0.2) is 0 Å². The molecule has 23 heavy (non-hydrogen) atoms. The van der Waals surface area contributed by atoms with Gasteiger partial charge in [0.2, 0.25) is 0 Å². The summed E-state index contributed by atoms with van der Waals surface area (Å²) in [6.07, 6.45) is 2.98. The normalized spacial score (nSPS) is 16.2. The van der Waals surface area contributed by atoms with Crippen molar-refractivity contribution in [3.05, 3.63) is 66.2 Å². The van der Waals surface area contributed by atoms with Gasteiger partial charge in [-0.05, 0) is 30.5 Å². The second-order valence-electron chi connectivity index (χ2n) is 5.80. The Labute approximate surface area is 138 Å². The lowest BCUT2D eigenvalue weighted by molar-refractivity contribution is 0.345. The molecule has 0 unspecified atom stereocenters. The number of benzene rings is 2. The molecule has 5 heteroatoms. The number of para-hydroxylation sites is 1. The molecule has 1 heterocycles. The first kappa shape index (κ1) is 16.0. The van der Waals surface area contributed by atoms with Gasteiger partial charge in [0.25, 0.3) is 0 Å². The van der Waals surface area contributed by atoms with Crippen molar-refractivity contribution in [1.82, 2.24) is 4.31 Å². The predicted octanol–water partition coefficient (Wildman–Crippen LogP) is 3.42. The van der Waals surface area contributed by atoms with E-state index in [-0.39, 0.29) is 0 Å². The van der Waals surface area contributed by atoms with Crippen LogP contribution in [0.2, 0.25) is 0 Å². The number of anilines is 1. The summed E-state index contributed by atoms with van der Waals surface area (Å²) in [5.41, 5.74) is 1.69. The van der Waals surface area contributed by atoms with E-state index in [1.165, 1.54) is 4.31 Å². The molecule has 2 aromatic carbocycles. The number of hydrogen-bond donors (Lipinski definition) is 0.